The number of carbonyl (C=O) groups excluding carboxylic acids is 1. The van der Waals surface area contributed by atoms with E-state index in [9.17, 15) is 15.0 Å². The summed E-state index contributed by atoms with van der Waals surface area (Å²) in [5, 5.41) is 21.6. The van der Waals surface area contributed by atoms with E-state index in [1.165, 1.54) is 14.2 Å². The van der Waals surface area contributed by atoms with Gasteiger partial charge in [0.1, 0.15) is 12.2 Å². The highest BCUT2D eigenvalue weighted by molar-refractivity contribution is 5.79. The second-order valence-electron chi connectivity index (χ2n) is 10.9. The molecule has 9 atom stereocenters. The van der Waals surface area contributed by atoms with Gasteiger partial charge in [-0.2, -0.15) is 0 Å². The number of phenols is 1. The van der Waals surface area contributed by atoms with Crippen LogP contribution in [0.3, 0.4) is 0 Å². The number of rotatable bonds is 5. The summed E-state index contributed by atoms with van der Waals surface area (Å²) in [6, 6.07) is 7.10. The van der Waals surface area contributed by atoms with E-state index in [1.807, 2.05) is 12.1 Å². The molecule has 0 bridgehead atoms. The van der Waals surface area contributed by atoms with Crippen molar-refractivity contribution in [3.63, 3.8) is 0 Å². The lowest BCUT2D eigenvalue weighted by molar-refractivity contribution is -0.340. The molecule has 5 unspecified atom stereocenters. The molecule has 0 radical (unpaired) electrons. The zero-order chi connectivity index (χ0) is 28.4. The number of aliphatic hydroxyl groups excluding tert-OH is 1. The average Bonchev–Trinajstić information content (AvgIpc) is 3.59. The van der Waals surface area contributed by atoms with Crippen LogP contribution in [0.1, 0.15) is 42.1 Å². The van der Waals surface area contributed by atoms with Crippen molar-refractivity contribution in [2.75, 3.05) is 34.2 Å². The third-order valence-electron chi connectivity index (χ3n) is 8.63. The van der Waals surface area contributed by atoms with Crippen LogP contribution in [0.5, 0.6) is 28.7 Å². The number of aromatic hydroxyl groups is 1. The van der Waals surface area contributed by atoms with Crippen LogP contribution in [-0.2, 0) is 28.5 Å². The third-order valence-corrected chi connectivity index (χ3v) is 8.63. The molecule has 3 saturated heterocycles. The van der Waals surface area contributed by atoms with E-state index >= 15 is 0 Å². The summed E-state index contributed by atoms with van der Waals surface area (Å²) in [5.41, 5.74) is 2.20. The number of cyclic esters (lactones) is 1. The normalized spacial score (nSPS) is 35.2. The lowest BCUT2D eigenvalue weighted by atomic mass is 9.66. The van der Waals surface area contributed by atoms with Gasteiger partial charge in [0.2, 0.25) is 12.5 Å². The van der Waals surface area contributed by atoms with Gasteiger partial charge in [-0.15, -0.1) is 0 Å². The molecule has 220 valence electrons. The molecule has 4 aliphatic heterocycles. The molecule has 2 aromatic rings. The number of fused-ring (bicyclic) bond motifs is 4. The number of ether oxygens (including phenoxy) is 9. The van der Waals surface area contributed by atoms with Crippen LogP contribution in [-0.4, -0.2) is 81.3 Å². The van der Waals surface area contributed by atoms with E-state index in [2.05, 4.69) is 0 Å². The maximum absolute atomic E-state index is 13.4. The summed E-state index contributed by atoms with van der Waals surface area (Å²) in [7, 11) is 2.90. The highest BCUT2D eigenvalue weighted by Gasteiger charge is 2.55. The second-order valence-corrected chi connectivity index (χ2v) is 10.9. The van der Waals surface area contributed by atoms with Crippen molar-refractivity contribution in [3.05, 3.63) is 41.0 Å². The molecule has 2 N–H and O–H groups in total. The number of methoxy groups -OCH3 is 2. The van der Waals surface area contributed by atoms with E-state index in [1.54, 1.807) is 19.1 Å². The molecule has 1 aliphatic carbocycles. The first kappa shape index (κ1) is 26.6. The Kier molecular flexibility index (Phi) is 6.62. The Hall–Kier alpha value is -3.29. The molecule has 2 aromatic carbocycles. The first-order chi connectivity index (χ1) is 19.9. The van der Waals surface area contributed by atoms with E-state index in [0.29, 0.717) is 30.1 Å². The molecule has 12 nitrogen and oxygen atoms in total. The molecule has 12 heteroatoms. The monoisotopic (exact) mass is 572 g/mol. The Bertz CT molecular complexity index is 1320. The number of benzene rings is 2. The average molecular weight is 573 g/mol. The summed E-state index contributed by atoms with van der Waals surface area (Å²) in [5.74, 6) is -0.585. The van der Waals surface area contributed by atoms with Crippen molar-refractivity contribution >= 4 is 5.97 Å². The Morgan fingerprint density at radius 3 is 2.32 bits per heavy atom. The van der Waals surface area contributed by atoms with Crippen molar-refractivity contribution < 1.29 is 57.6 Å². The lowest BCUT2D eigenvalue weighted by Crippen LogP contribution is -2.55. The van der Waals surface area contributed by atoms with Crippen molar-refractivity contribution in [1.29, 1.82) is 0 Å². The van der Waals surface area contributed by atoms with Crippen molar-refractivity contribution in [1.82, 2.24) is 0 Å². The van der Waals surface area contributed by atoms with E-state index in [0.717, 1.165) is 11.1 Å². The number of hydrogen-bond donors (Lipinski definition) is 2. The van der Waals surface area contributed by atoms with Gasteiger partial charge in [0.25, 0.3) is 0 Å². The van der Waals surface area contributed by atoms with Gasteiger partial charge in [0, 0.05) is 18.3 Å². The molecule has 3 fully saturated rings. The molecule has 7 rings (SSSR count). The molecule has 41 heavy (non-hydrogen) atoms. The summed E-state index contributed by atoms with van der Waals surface area (Å²) < 4.78 is 52.0. The number of hydrogen-bond acceptors (Lipinski definition) is 12. The molecule has 0 amide bonds. The molecule has 5 aliphatic rings. The maximum Gasteiger partial charge on any atom is 0.310 e. The first-order valence-electron chi connectivity index (χ1n) is 13.7. The predicted octanol–water partition coefficient (Wildman–Crippen LogP) is 2.37. The summed E-state index contributed by atoms with van der Waals surface area (Å²) >= 11 is 0. The number of phenolic OH excluding ortho intramolecular Hbond substituents is 1. The Morgan fingerprint density at radius 1 is 0.902 bits per heavy atom. The Morgan fingerprint density at radius 2 is 1.61 bits per heavy atom. The fourth-order valence-electron chi connectivity index (χ4n) is 6.70. The summed E-state index contributed by atoms with van der Waals surface area (Å²) in [6.07, 6.45) is -3.39. The van der Waals surface area contributed by atoms with Crippen LogP contribution in [0.2, 0.25) is 0 Å². The molecule has 4 heterocycles. The number of aliphatic hydroxyl groups is 1. The zero-order valence-corrected chi connectivity index (χ0v) is 22.8. The van der Waals surface area contributed by atoms with Gasteiger partial charge < -0.3 is 52.8 Å². The van der Waals surface area contributed by atoms with Gasteiger partial charge in [-0.05, 0) is 47.9 Å². The largest absolute Gasteiger partial charge is 0.502 e. The first-order valence-corrected chi connectivity index (χ1v) is 13.7. The van der Waals surface area contributed by atoms with Crippen LogP contribution in [0.25, 0.3) is 0 Å². The summed E-state index contributed by atoms with van der Waals surface area (Å²) in [6.45, 7) is 2.31. The SMILES string of the molecule is COc1cc([C@@H]2c3cc4c(cc3[C@@H](OC3OC5COC(C)OC5CC3O)[C@H]3COC(=O)[C@H]23)OCO4)cc(OC)c1O. The summed E-state index contributed by atoms with van der Waals surface area (Å²) in [4.78, 5) is 13.4. The fraction of sp³-hybridized carbons (Fsp3) is 0.552. The smallest absolute Gasteiger partial charge is 0.310 e. The van der Waals surface area contributed by atoms with E-state index < -0.39 is 42.4 Å². The molecule has 0 aromatic heterocycles. The topological polar surface area (TPSA) is 141 Å². The van der Waals surface area contributed by atoms with Crippen LogP contribution in [0.15, 0.2) is 24.3 Å². The van der Waals surface area contributed by atoms with Crippen LogP contribution in [0.4, 0.5) is 0 Å². The second kappa shape index (κ2) is 10.2. The predicted molar refractivity (Wildman–Crippen MR) is 137 cm³/mol. The van der Waals surface area contributed by atoms with Gasteiger partial charge in [-0.1, -0.05) is 0 Å². The van der Waals surface area contributed by atoms with Gasteiger partial charge in [-0.3, -0.25) is 4.79 Å². The number of esters is 1. The maximum atomic E-state index is 13.4. The van der Waals surface area contributed by atoms with Gasteiger partial charge in [0.15, 0.2) is 35.6 Å². The van der Waals surface area contributed by atoms with E-state index in [4.69, 9.17) is 42.6 Å². The minimum absolute atomic E-state index is 0.0656. The number of carbonyl (C=O) groups is 1. The van der Waals surface area contributed by atoms with Crippen molar-refractivity contribution in [2.24, 2.45) is 11.8 Å². The van der Waals surface area contributed by atoms with Crippen molar-refractivity contribution in [3.8, 4) is 28.7 Å². The van der Waals surface area contributed by atoms with Crippen LogP contribution in [0, 0.1) is 11.8 Å². The fourth-order valence-corrected chi connectivity index (χ4v) is 6.70. The van der Waals surface area contributed by atoms with Gasteiger partial charge in [-0.25, -0.2) is 0 Å². The molecular formula is C29H32O12. The Balaban J connectivity index is 1.31. The molecule has 0 spiro atoms. The lowest BCUT2D eigenvalue weighted by Gasteiger charge is -2.45. The van der Waals surface area contributed by atoms with Crippen molar-refractivity contribution in [2.45, 2.75) is 56.3 Å². The van der Waals surface area contributed by atoms with Crippen LogP contribution < -0.4 is 18.9 Å². The quantitative estimate of drug-likeness (QED) is 0.508. The Labute approximate surface area is 235 Å². The molecular weight excluding hydrogens is 540 g/mol. The van der Waals surface area contributed by atoms with Gasteiger partial charge in [0.05, 0.1) is 45.6 Å². The highest BCUT2D eigenvalue weighted by atomic mass is 16.7. The van der Waals surface area contributed by atoms with E-state index in [-0.39, 0.29) is 49.0 Å². The minimum Gasteiger partial charge on any atom is -0.502 e. The third kappa shape index (κ3) is 4.36. The minimum atomic E-state index is -0.984. The van der Waals surface area contributed by atoms with Gasteiger partial charge >= 0.3 is 5.97 Å². The molecule has 0 saturated carbocycles. The highest BCUT2D eigenvalue weighted by Crippen LogP contribution is 2.57. The zero-order valence-electron chi connectivity index (χ0n) is 22.8. The standard InChI is InChI=1S/C29H32O12/c1-12-35-10-23-20(39-12)8-17(30)29(40-23)41-27-15-7-19-18(37-11-38-19)6-14(15)24(25-16(27)9-36-28(25)32)13-4-21(33-2)26(31)22(5-13)34-3/h4-7,12,16-17,20,23-25,27,29-31H,8-11H2,1-3H3/t12?,16-,17?,20?,23?,24+,25-,27+,29?/m0/s1. The van der Waals surface area contributed by atoms with Crippen LogP contribution >= 0.6 is 0 Å².